The van der Waals surface area contributed by atoms with Crippen molar-refractivity contribution in [1.29, 1.82) is 0 Å². The maximum absolute atomic E-state index is 6.23. The standard InChI is InChI=1S/C16H20Cl2N2S/c1-10-14(9-19-16(2,3)4)21-15(20-10)7-11-5-6-12(17)8-13(11)18/h5-6,8,19H,7,9H2,1-4H3. The molecule has 114 valence electrons. The molecule has 1 heterocycles. The normalized spacial score (nSPS) is 11.9. The van der Waals surface area contributed by atoms with E-state index < -0.39 is 0 Å². The van der Waals surface area contributed by atoms with Gasteiger partial charge < -0.3 is 5.32 Å². The third-order valence-corrected chi connectivity index (χ3v) is 4.82. The van der Waals surface area contributed by atoms with Gasteiger partial charge in [0.05, 0.1) is 10.7 Å². The maximum atomic E-state index is 6.23. The summed E-state index contributed by atoms with van der Waals surface area (Å²) in [5, 5.41) is 5.95. The van der Waals surface area contributed by atoms with E-state index in [-0.39, 0.29) is 5.54 Å². The second-order valence-electron chi connectivity index (χ2n) is 6.13. The number of aryl methyl sites for hydroxylation is 1. The molecule has 1 aromatic carbocycles. The lowest BCUT2D eigenvalue weighted by Gasteiger charge is -2.19. The van der Waals surface area contributed by atoms with E-state index in [9.17, 15) is 0 Å². The molecule has 0 saturated heterocycles. The summed E-state index contributed by atoms with van der Waals surface area (Å²) in [7, 11) is 0. The Kier molecular flexibility index (Phi) is 5.31. The second-order valence-corrected chi connectivity index (χ2v) is 8.14. The number of thiazole rings is 1. The Labute approximate surface area is 140 Å². The van der Waals surface area contributed by atoms with Gasteiger partial charge in [-0.3, -0.25) is 0 Å². The third-order valence-electron chi connectivity index (χ3n) is 3.07. The predicted molar refractivity (Wildman–Crippen MR) is 92.7 cm³/mol. The van der Waals surface area contributed by atoms with Crippen molar-refractivity contribution in [3.05, 3.63) is 49.4 Å². The van der Waals surface area contributed by atoms with Crippen LogP contribution >= 0.6 is 34.5 Å². The molecule has 1 N–H and O–H groups in total. The molecule has 0 fully saturated rings. The van der Waals surface area contributed by atoms with E-state index >= 15 is 0 Å². The Bertz CT molecular complexity index is 630. The number of nitrogens with zero attached hydrogens (tertiary/aromatic N) is 1. The van der Waals surface area contributed by atoms with Crippen molar-refractivity contribution in [2.24, 2.45) is 0 Å². The molecule has 0 aliphatic carbocycles. The highest BCUT2D eigenvalue weighted by Crippen LogP contribution is 2.26. The molecule has 0 saturated carbocycles. The van der Waals surface area contributed by atoms with E-state index in [0.717, 1.165) is 29.2 Å². The number of benzene rings is 1. The lowest BCUT2D eigenvalue weighted by atomic mass is 10.1. The molecule has 2 aromatic rings. The van der Waals surface area contributed by atoms with Gasteiger partial charge >= 0.3 is 0 Å². The zero-order valence-corrected chi connectivity index (χ0v) is 15.1. The summed E-state index contributed by atoms with van der Waals surface area (Å²) in [6, 6.07) is 5.61. The quantitative estimate of drug-likeness (QED) is 0.821. The van der Waals surface area contributed by atoms with Crippen LogP contribution < -0.4 is 5.32 Å². The van der Waals surface area contributed by atoms with Crippen LogP contribution in [0.15, 0.2) is 18.2 Å². The van der Waals surface area contributed by atoms with Gasteiger partial charge in [-0.05, 0) is 45.4 Å². The number of hydrogen-bond acceptors (Lipinski definition) is 3. The SMILES string of the molecule is Cc1nc(Cc2ccc(Cl)cc2Cl)sc1CNC(C)(C)C. The molecule has 21 heavy (non-hydrogen) atoms. The molecule has 0 bridgehead atoms. The van der Waals surface area contributed by atoms with Crippen LogP contribution in [0.5, 0.6) is 0 Å². The average molecular weight is 343 g/mol. The van der Waals surface area contributed by atoms with Crippen LogP contribution in [0.1, 0.15) is 41.9 Å². The fourth-order valence-electron chi connectivity index (χ4n) is 1.90. The summed E-state index contributed by atoms with van der Waals surface area (Å²) in [6.45, 7) is 9.40. The summed E-state index contributed by atoms with van der Waals surface area (Å²) < 4.78 is 0. The molecule has 2 rings (SSSR count). The van der Waals surface area contributed by atoms with Crippen molar-refractivity contribution in [2.75, 3.05) is 0 Å². The van der Waals surface area contributed by atoms with Crippen LogP contribution in [-0.4, -0.2) is 10.5 Å². The molecule has 0 amide bonds. The molecule has 0 atom stereocenters. The largest absolute Gasteiger partial charge is 0.307 e. The van der Waals surface area contributed by atoms with Gasteiger partial charge in [0.25, 0.3) is 0 Å². The van der Waals surface area contributed by atoms with E-state index in [1.807, 2.05) is 12.1 Å². The van der Waals surface area contributed by atoms with Crippen LogP contribution in [0.3, 0.4) is 0 Å². The van der Waals surface area contributed by atoms with E-state index in [1.54, 1.807) is 17.4 Å². The van der Waals surface area contributed by atoms with Crippen LogP contribution in [0.4, 0.5) is 0 Å². The first-order valence-corrected chi connectivity index (χ1v) is 8.46. The second kappa shape index (κ2) is 6.66. The minimum Gasteiger partial charge on any atom is -0.307 e. The Hall–Kier alpha value is -0.610. The Morgan fingerprint density at radius 1 is 1.24 bits per heavy atom. The van der Waals surface area contributed by atoms with E-state index in [1.165, 1.54) is 4.88 Å². The van der Waals surface area contributed by atoms with Crippen molar-refractivity contribution in [3.8, 4) is 0 Å². The van der Waals surface area contributed by atoms with E-state index in [4.69, 9.17) is 23.2 Å². The number of halogens is 2. The number of hydrogen-bond donors (Lipinski definition) is 1. The Morgan fingerprint density at radius 2 is 1.95 bits per heavy atom. The van der Waals surface area contributed by atoms with Crippen molar-refractivity contribution in [1.82, 2.24) is 10.3 Å². The van der Waals surface area contributed by atoms with Crippen molar-refractivity contribution in [2.45, 2.75) is 46.2 Å². The minimum absolute atomic E-state index is 0.107. The third kappa shape index (κ3) is 4.96. The van der Waals surface area contributed by atoms with Crippen LogP contribution in [0.25, 0.3) is 0 Å². The molecule has 0 aliphatic rings. The number of aromatic nitrogens is 1. The number of rotatable bonds is 4. The van der Waals surface area contributed by atoms with Crippen molar-refractivity contribution in [3.63, 3.8) is 0 Å². The van der Waals surface area contributed by atoms with Crippen LogP contribution in [0, 0.1) is 6.92 Å². The molecular formula is C16H20Cl2N2S. The summed E-state index contributed by atoms with van der Waals surface area (Å²) in [5.41, 5.74) is 2.26. The summed E-state index contributed by atoms with van der Waals surface area (Å²) >= 11 is 13.9. The van der Waals surface area contributed by atoms with Gasteiger partial charge in [-0.1, -0.05) is 29.3 Å². The first-order chi connectivity index (χ1) is 9.74. The zero-order chi connectivity index (χ0) is 15.6. The molecule has 5 heteroatoms. The van der Waals surface area contributed by atoms with Crippen molar-refractivity contribution < 1.29 is 0 Å². The topological polar surface area (TPSA) is 24.9 Å². The van der Waals surface area contributed by atoms with Gasteiger partial charge in [0.2, 0.25) is 0 Å². The molecule has 0 aliphatic heterocycles. The minimum atomic E-state index is 0.107. The lowest BCUT2D eigenvalue weighted by molar-refractivity contribution is 0.425. The summed E-state index contributed by atoms with van der Waals surface area (Å²) in [4.78, 5) is 5.94. The molecule has 0 radical (unpaired) electrons. The zero-order valence-electron chi connectivity index (χ0n) is 12.8. The molecule has 2 nitrogen and oxygen atoms in total. The highest BCUT2D eigenvalue weighted by atomic mass is 35.5. The summed E-state index contributed by atoms with van der Waals surface area (Å²) in [5.74, 6) is 0. The van der Waals surface area contributed by atoms with Gasteiger partial charge in [0.1, 0.15) is 0 Å². The first kappa shape index (κ1) is 16.8. The highest BCUT2D eigenvalue weighted by molar-refractivity contribution is 7.11. The van der Waals surface area contributed by atoms with Gasteiger partial charge in [0, 0.05) is 33.4 Å². The molecular weight excluding hydrogens is 323 g/mol. The van der Waals surface area contributed by atoms with Crippen LogP contribution in [-0.2, 0) is 13.0 Å². The molecule has 0 spiro atoms. The average Bonchev–Trinajstić information content (AvgIpc) is 2.70. The van der Waals surface area contributed by atoms with Crippen molar-refractivity contribution >= 4 is 34.5 Å². The Balaban J connectivity index is 2.11. The predicted octanol–water partition coefficient (Wildman–Crippen LogP) is 5.24. The summed E-state index contributed by atoms with van der Waals surface area (Å²) in [6.07, 6.45) is 0.747. The van der Waals surface area contributed by atoms with Gasteiger partial charge in [0.15, 0.2) is 0 Å². The van der Waals surface area contributed by atoms with Gasteiger partial charge in [-0.2, -0.15) is 0 Å². The molecule has 1 aromatic heterocycles. The lowest BCUT2D eigenvalue weighted by Crippen LogP contribution is -2.34. The fraction of sp³-hybridized carbons (Fsp3) is 0.438. The van der Waals surface area contributed by atoms with Gasteiger partial charge in [-0.25, -0.2) is 4.98 Å². The maximum Gasteiger partial charge on any atom is 0.0975 e. The highest BCUT2D eigenvalue weighted by Gasteiger charge is 2.13. The molecule has 0 unspecified atom stereocenters. The van der Waals surface area contributed by atoms with Gasteiger partial charge in [-0.15, -0.1) is 11.3 Å². The first-order valence-electron chi connectivity index (χ1n) is 6.89. The van der Waals surface area contributed by atoms with E-state index in [2.05, 4.69) is 38.0 Å². The van der Waals surface area contributed by atoms with Crippen LogP contribution in [0.2, 0.25) is 10.0 Å². The smallest absolute Gasteiger partial charge is 0.0975 e. The monoisotopic (exact) mass is 342 g/mol. The van der Waals surface area contributed by atoms with E-state index in [0.29, 0.717) is 10.0 Å². The number of nitrogens with one attached hydrogen (secondary N) is 1. The fourth-order valence-corrected chi connectivity index (χ4v) is 3.41. The Morgan fingerprint density at radius 3 is 2.57 bits per heavy atom.